The Morgan fingerprint density at radius 1 is 0.814 bits per heavy atom. The predicted octanol–water partition coefficient (Wildman–Crippen LogP) is 3.83. The van der Waals surface area contributed by atoms with Gasteiger partial charge in [-0.3, -0.25) is 19.2 Å². The smallest absolute Gasteiger partial charge is 0.475 e. The van der Waals surface area contributed by atoms with Crippen LogP contribution in [0.2, 0.25) is 0 Å². The number of benzene rings is 2. The number of aliphatic hydroxyl groups is 1. The molecule has 25 heteroatoms. The number of hydrogen-bond donors (Lipinski definition) is 9. The maximum absolute atomic E-state index is 14.2. The quantitative estimate of drug-likeness (QED) is 0.0773. The van der Waals surface area contributed by atoms with Gasteiger partial charge in [-0.1, -0.05) is 88.4 Å². The van der Waals surface area contributed by atoms with Gasteiger partial charge >= 0.3 is 24.3 Å². The lowest BCUT2D eigenvalue weighted by Crippen LogP contribution is -2.57. The van der Waals surface area contributed by atoms with Crippen LogP contribution in [-0.4, -0.2) is 118 Å². The number of nitrogens with one attached hydrogen (secondary N) is 5. The molecule has 0 spiro atoms. The van der Waals surface area contributed by atoms with Gasteiger partial charge in [0.05, 0.1) is 41.2 Å². The van der Waals surface area contributed by atoms with Gasteiger partial charge in [0.15, 0.2) is 9.84 Å². The number of imidazole rings is 1. The molecule has 0 bridgehead atoms. The third kappa shape index (κ3) is 19.7. The average molecular weight is 1020 g/mol. The highest BCUT2D eigenvalue weighted by atomic mass is 32.2. The zero-order valence-electron chi connectivity index (χ0n) is 38.3. The summed E-state index contributed by atoms with van der Waals surface area (Å²) in [6.07, 6.45) is -2.85. The lowest BCUT2D eigenvalue weighted by atomic mass is 9.83. The number of sulfone groups is 1. The summed E-state index contributed by atoms with van der Waals surface area (Å²) in [6, 6.07) is 11.1. The van der Waals surface area contributed by atoms with Crippen molar-refractivity contribution in [3.05, 3.63) is 83.4 Å². The summed E-state index contributed by atoms with van der Waals surface area (Å²) in [6.45, 7) is 4.60. The van der Waals surface area contributed by atoms with E-state index in [1.54, 1.807) is 24.4 Å². The van der Waals surface area contributed by atoms with Crippen LogP contribution in [0.1, 0.15) is 93.5 Å². The van der Waals surface area contributed by atoms with E-state index in [1.807, 2.05) is 44.2 Å². The average Bonchev–Trinajstić information content (AvgIpc) is 3.89. The molecule has 1 aliphatic heterocycles. The van der Waals surface area contributed by atoms with Crippen LogP contribution in [0.15, 0.2) is 66.0 Å². The molecule has 1 saturated carbocycles. The number of carbonyl (C=O) groups is 6. The molecular formula is C45H59F6N7O11S. The van der Waals surface area contributed by atoms with Crippen LogP contribution < -0.4 is 27.0 Å². The van der Waals surface area contributed by atoms with Gasteiger partial charge in [0.25, 0.3) is 0 Å². The molecule has 70 heavy (non-hydrogen) atoms. The van der Waals surface area contributed by atoms with Crippen LogP contribution in [0.5, 0.6) is 0 Å². The number of carbonyl (C=O) groups excluding carboxylic acids is 4. The minimum atomic E-state index is -5.08. The highest BCUT2D eigenvalue weighted by Gasteiger charge is 2.40. The van der Waals surface area contributed by atoms with Crippen molar-refractivity contribution in [2.45, 2.75) is 132 Å². The molecule has 2 heterocycles. The Kier molecular flexibility index (Phi) is 22.3. The molecule has 4 amide bonds. The minimum Gasteiger partial charge on any atom is -0.475 e. The van der Waals surface area contributed by atoms with Crippen molar-refractivity contribution in [1.29, 1.82) is 0 Å². The highest BCUT2D eigenvalue weighted by Crippen LogP contribution is 2.37. The molecule has 0 radical (unpaired) electrons. The van der Waals surface area contributed by atoms with E-state index in [0.717, 1.165) is 37.7 Å². The van der Waals surface area contributed by atoms with Crippen molar-refractivity contribution in [3.8, 4) is 0 Å². The Morgan fingerprint density at radius 2 is 1.40 bits per heavy atom. The first-order valence-electron chi connectivity index (χ1n) is 22.2. The maximum Gasteiger partial charge on any atom is 0.490 e. The van der Waals surface area contributed by atoms with E-state index in [0.29, 0.717) is 29.8 Å². The van der Waals surface area contributed by atoms with Crippen LogP contribution in [0.25, 0.3) is 0 Å². The fraction of sp³-hybridized carbons (Fsp3) is 0.533. The topological polar surface area (TPSA) is 300 Å². The zero-order chi connectivity index (χ0) is 52.4. The lowest BCUT2D eigenvalue weighted by molar-refractivity contribution is -0.193. The molecule has 5 rings (SSSR count). The molecule has 2 aliphatic rings. The molecule has 3 aromatic rings. The van der Waals surface area contributed by atoms with E-state index in [9.17, 15) is 59.0 Å². The monoisotopic (exact) mass is 1020 g/mol. The molecule has 0 saturated heterocycles. The number of carboxylic acid groups (broad SMARTS) is 2. The zero-order valence-corrected chi connectivity index (χ0v) is 39.1. The van der Waals surface area contributed by atoms with Crippen molar-refractivity contribution in [2.24, 2.45) is 17.6 Å². The molecule has 1 unspecified atom stereocenters. The highest BCUT2D eigenvalue weighted by molar-refractivity contribution is 7.91. The number of amides is 4. The summed E-state index contributed by atoms with van der Waals surface area (Å²) >= 11 is 0. The summed E-state index contributed by atoms with van der Waals surface area (Å²) < 4.78 is 89.5. The van der Waals surface area contributed by atoms with Crippen molar-refractivity contribution in [1.82, 2.24) is 31.2 Å². The van der Waals surface area contributed by atoms with E-state index < -0.39 is 82.0 Å². The van der Waals surface area contributed by atoms with Crippen molar-refractivity contribution >= 4 is 45.4 Å². The molecule has 2 aromatic carbocycles. The van der Waals surface area contributed by atoms with Gasteiger partial charge in [0.2, 0.25) is 23.6 Å². The number of alkyl halides is 6. The Bertz CT molecular complexity index is 2290. The van der Waals surface area contributed by atoms with Gasteiger partial charge in [-0.05, 0) is 41.0 Å². The van der Waals surface area contributed by atoms with Crippen LogP contribution in [0.3, 0.4) is 0 Å². The standard InChI is InChI=1S/C41H57N7O7S.2C2HF3O2/c1-26(2)22-44-38(50)20-36(49)33(15-27-9-5-3-6-10-27)47-41(53)35(19-31-23-43-25-45-31)48-40(52)34(16-28-11-7-4-8-12-28)46-39(51)18-30-24-56(54,55)37-17-29(21-42)13-14-32(30)37;2*3-2(4,5)1(6)7/h4,7-8,11-14,17,23,25-27,30,33-36,49H,3,5-6,9-10,15-16,18-22,24,42H2,1-2H3,(H,43,45)(H,44,50)(H,46,51)(H,47,53)(H,48,52);2*(H,6,7)/t30?,33-,34-,35-,36-;;/m0../s1. The number of aromatic nitrogens is 2. The van der Waals surface area contributed by atoms with E-state index in [2.05, 4.69) is 31.2 Å². The van der Waals surface area contributed by atoms with E-state index >= 15 is 0 Å². The number of hydrogen-bond acceptors (Lipinski definition) is 11. The molecule has 388 valence electrons. The van der Waals surface area contributed by atoms with Crippen LogP contribution >= 0.6 is 0 Å². The number of aliphatic carboxylic acids is 2. The molecule has 18 nitrogen and oxygen atoms in total. The molecule has 10 N–H and O–H groups in total. The first-order valence-corrected chi connectivity index (χ1v) is 23.9. The van der Waals surface area contributed by atoms with Gasteiger partial charge in [-0.2, -0.15) is 26.3 Å². The van der Waals surface area contributed by atoms with Crippen LogP contribution in [0, 0.1) is 11.8 Å². The van der Waals surface area contributed by atoms with Crippen LogP contribution in [-0.2, 0) is 58.0 Å². The van der Waals surface area contributed by atoms with Gasteiger partial charge < -0.3 is 47.3 Å². The summed E-state index contributed by atoms with van der Waals surface area (Å²) in [5, 5.41) is 37.1. The second-order valence-corrected chi connectivity index (χ2v) is 19.3. The molecule has 5 atom stereocenters. The van der Waals surface area contributed by atoms with Gasteiger partial charge in [0, 0.05) is 44.5 Å². The third-order valence-electron chi connectivity index (χ3n) is 11.2. The first kappa shape index (κ1) is 58.2. The Hall–Kier alpha value is -6.08. The lowest BCUT2D eigenvalue weighted by Gasteiger charge is -2.31. The first-order chi connectivity index (χ1) is 32.7. The largest absolute Gasteiger partial charge is 0.490 e. The molecule has 1 fully saturated rings. The number of aliphatic hydroxyl groups excluding tert-OH is 1. The number of H-pyrrole nitrogens is 1. The fourth-order valence-electron chi connectivity index (χ4n) is 7.65. The number of nitrogens with two attached hydrogens (primary N) is 1. The Morgan fingerprint density at radius 3 is 1.94 bits per heavy atom. The van der Waals surface area contributed by atoms with E-state index in [-0.39, 0.29) is 60.6 Å². The van der Waals surface area contributed by atoms with E-state index in [4.69, 9.17) is 25.5 Å². The minimum absolute atomic E-state index is 0.00962. The second-order valence-electron chi connectivity index (χ2n) is 17.3. The molecule has 1 aliphatic carbocycles. The van der Waals surface area contributed by atoms with Crippen molar-refractivity contribution < 1.29 is 78.8 Å². The van der Waals surface area contributed by atoms with E-state index in [1.165, 1.54) is 6.33 Å². The fourth-order valence-corrected chi connectivity index (χ4v) is 9.59. The molecule has 1 aromatic heterocycles. The normalized spacial score (nSPS) is 17.2. The summed E-state index contributed by atoms with van der Waals surface area (Å²) in [5.74, 6) is -7.88. The predicted molar refractivity (Wildman–Crippen MR) is 239 cm³/mol. The second kappa shape index (κ2) is 26.8. The number of fused-ring (bicyclic) bond motifs is 1. The van der Waals surface area contributed by atoms with Gasteiger partial charge in [-0.15, -0.1) is 0 Å². The number of halogens is 6. The number of carboxylic acids is 2. The van der Waals surface area contributed by atoms with Crippen molar-refractivity contribution in [2.75, 3.05) is 12.3 Å². The molecular weight excluding hydrogens is 961 g/mol. The van der Waals surface area contributed by atoms with Gasteiger partial charge in [-0.25, -0.2) is 23.0 Å². The number of nitrogens with zero attached hydrogens (tertiary/aromatic N) is 1. The van der Waals surface area contributed by atoms with Crippen LogP contribution in [0.4, 0.5) is 26.3 Å². The van der Waals surface area contributed by atoms with Crippen molar-refractivity contribution in [3.63, 3.8) is 0 Å². The summed E-state index contributed by atoms with van der Waals surface area (Å²) in [5.41, 5.74) is 8.22. The summed E-state index contributed by atoms with van der Waals surface area (Å²) in [7, 11) is -3.62. The Labute approximate surface area is 399 Å². The van der Waals surface area contributed by atoms with Gasteiger partial charge in [0.1, 0.15) is 12.1 Å². The third-order valence-corrected chi connectivity index (χ3v) is 13.0. The number of rotatable bonds is 19. The number of aromatic amines is 1. The maximum atomic E-state index is 14.2. The SMILES string of the molecule is CC(C)CNC(=O)C[C@H](O)[C@H](CC1CCCCC1)NC(=O)[C@H](Cc1c[nH]cn1)NC(=O)[C@H](Cc1ccccc1)NC(=O)CC1CS(=O)(=O)c2cc(CN)ccc21.O=C(O)C(F)(F)F.O=C(O)C(F)(F)F. The summed E-state index contributed by atoms with van der Waals surface area (Å²) in [4.78, 5) is 79.9. The Balaban J connectivity index is 0.000000806.